The highest BCUT2D eigenvalue weighted by atomic mass is 35.5. The molecule has 0 unspecified atom stereocenters. The van der Waals surface area contributed by atoms with E-state index in [1.165, 1.54) is 23.5 Å². The first-order chi connectivity index (χ1) is 9.88. The Hall–Kier alpha value is -1.65. The van der Waals surface area contributed by atoms with Crippen LogP contribution >= 0.6 is 22.9 Å². The maximum atomic E-state index is 13.8. The van der Waals surface area contributed by atoms with Crippen LogP contribution < -0.4 is 0 Å². The Morgan fingerprint density at radius 1 is 1.29 bits per heavy atom. The summed E-state index contributed by atoms with van der Waals surface area (Å²) < 4.78 is 27.4. The number of rotatable bonds is 4. The van der Waals surface area contributed by atoms with Gasteiger partial charge in [-0.2, -0.15) is 0 Å². The fourth-order valence-electron chi connectivity index (χ4n) is 1.87. The van der Waals surface area contributed by atoms with Gasteiger partial charge in [-0.25, -0.2) is 8.78 Å². The average molecular weight is 326 g/mol. The number of thiophene rings is 1. The van der Waals surface area contributed by atoms with Crippen LogP contribution in [0.1, 0.15) is 17.4 Å². The first-order valence-electron chi connectivity index (χ1n) is 6.20. The van der Waals surface area contributed by atoms with Crippen molar-refractivity contribution in [3.63, 3.8) is 0 Å². The molecule has 0 aliphatic carbocycles. The van der Waals surface area contributed by atoms with Gasteiger partial charge in [0.15, 0.2) is 0 Å². The Bertz CT molecular complexity index is 706. The molecule has 21 heavy (non-hydrogen) atoms. The van der Waals surface area contributed by atoms with Crippen molar-refractivity contribution in [1.82, 2.24) is 4.90 Å². The first-order valence-corrected chi connectivity index (χ1v) is 7.39. The molecule has 0 atom stereocenters. The smallest absolute Gasteiger partial charge is 0.135 e. The molecule has 0 N–H and O–H groups in total. The minimum Gasteiger partial charge on any atom is -0.351 e. The molecule has 0 saturated carbocycles. The van der Waals surface area contributed by atoms with E-state index in [9.17, 15) is 8.78 Å². The van der Waals surface area contributed by atoms with Crippen molar-refractivity contribution in [3.8, 4) is 0 Å². The second kappa shape index (κ2) is 6.41. The Morgan fingerprint density at radius 3 is 2.57 bits per heavy atom. The van der Waals surface area contributed by atoms with Gasteiger partial charge in [0.1, 0.15) is 11.6 Å². The summed E-state index contributed by atoms with van der Waals surface area (Å²) in [6, 6.07) is 7.20. The quantitative estimate of drug-likeness (QED) is 0.702. The maximum Gasteiger partial charge on any atom is 0.135 e. The highest BCUT2D eigenvalue weighted by molar-refractivity contribution is 7.17. The number of halogens is 3. The second-order valence-corrected chi connectivity index (χ2v) is 6.31. The van der Waals surface area contributed by atoms with E-state index < -0.39 is 11.6 Å². The standard InChI is InChI=1S/C16H14ClF2NS/c1-10(15-6-7-16(17)21-15)9-20(3)11(2)13-5-4-12(18)8-14(13)19/h4-9H,2H2,1,3H3. The number of allylic oxidation sites excluding steroid dienone is 1. The molecule has 0 bridgehead atoms. The van der Waals surface area contributed by atoms with Gasteiger partial charge in [0.05, 0.1) is 4.34 Å². The monoisotopic (exact) mass is 325 g/mol. The molecule has 2 aromatic rings. The molecule has 0 amide bonds. The van der Waals surface area contributed by atoms with Gasteiger partial charge in [-0.3, -0.25) is 0 Å². The fourth-order valence-corrected chi connectivity index (χ4v) is 2.88. The lowest BCUT2D eigenvalue weighted by atomic mass is 10.1. The Balaban J connectivity index is 2.23. The van der Waals surface area contributed by atoms with E-state index in [-0.39, 0.29) is 5.56 Å². The van der Waals surface area contributed by atoms with Gasteiger partial charge in [-0.05, 0) is 36.8 Å². The lowest BCUT2D eigenvalue weighted by Crippen LogP contribution is -2.10. The van der Waals surface area contributed by atoms with Gasteiger partial charge in [-0.15, -0.1) is 11.3 Å². The molecule has 1 heterocycles. The van der Waals surface area contributed by atoms with Gasteiger partial charge >= 0.3 is 0 Å². The molecule has 0 saturated heterocycles. The summed E-state index contributed by atoms with van der Waals surface area (Å²) in [4.78, 5) is 2.73. The zero-order valence-electron chi connectivity index (χ0n) is 11.7. The van der Waals surface area contributed by atoms with Crippen LogP contribution in [0.15, 0.2) is 43.1 Å². The SMILES string of the molecule is C=C(c1ccc(F)cc1F)N(C)C=C(C)c1ccc(Cl)s1. The van der Waals surface area contributed by atoms with Crippen LogP contribution in [0, 0.1) is 11.6 Å². The molecule has 0 spiro atoms. The maximum absolute atomic E-state index is 13.8. The highest BCUT2D eigenvalue weighted by Crippen LogP contribution is 2.29. The van der Waals surface area contributed by atoms with Gasteiger partial charge in [0.25, 0.3) is 0 Å². The van der Waals surface area contributed by atoms with E-state index in [0.717, 1.165) is 16.5 Å². The van der Waals surface area contributed by atoms with Gasteiger partial charge in [0, 0.05) is 35.5 Å². The van der Waals surface area contributed by atoms with Crippen LogP contribution in [0.25, 0.3) is 11.3 Å². The Labute approximate surface area is 131 Å². The van der Waals surface area contributed by atoms with Crippen molar-refractivity contribution in [2.75, 3.05) is 7.05 Å². The molecule has 0 aliphatic heterocycles. The van der Waals surface area contributed by atoms with Crippen molar-refractivity contribution < 1.29 is 8.78 Å². The van der Waals surface area contributed by atoms with Gasteiger partial charge in [-0.1, -0.05) is 18.2 Å². The number of hydrogen-bond donors (Lipinski definition) is 0. The van der Waals surface area contributed by atoms with Crippen LogP contribution in [0.2, 0.25) is 4.34 Å². The zero-order chi connectivity index (χ0) is 15.6. The van der Waals surface area contributed by atoms with E-state index in [4.69, 9.17) is 11.6 Å². The van der Waals surface area contributed by atoms with Crippen molar-refractivity contribution in [2.24, 2.45) is 0 Å². The van der Waals surface area contributed by atoms with Crippen LogP contribution in [-0.4, -0.2) is 11.9 Å². The van der Waals surface area contributed by atoms with Crippen LogP contribution in [0.4, 0.5) is 8.78 Å². The number of benzene rings is 1. The molecule has 110 valence electrons. The summed E-state index contributed by atoms with van der Waals surface area (Å²) in [5.74, 6) is -1.23. The third kappa shape index (κ3) is 3.71. The van der Waals surface area contributed by atoms with E-state index >= 15 is 0 Å². The number of hydrogen-bond acceptors (Lipinski definition) is 2. The van der Waals surface area contributed by atoms with E-state index in [0.29, 0.717) is 10.0 Å². The van der Waals surface area contributed by atoms with Crippen LogP contribution in [0.5, 0.6) is 0 Å². The molecular formula is C16H14ClF2NS. The normalized spacial score (nSPS) is 11.6. The zero-order valence-corrected chi connectivity index (χ0v) is 13.2. The topological polar surface area (TPSA) is 3.24 Å². The summed E-state index contributed by atoms with van der Waals surface area (Å²) in [7, 11) is 1.77. The minimum atomic E-state index is -0.628. The predicted molar refractivity (Wildman–Crippen MR) is 86.1 cm³/mol. The Kier molecular flexibility index (Phi) is 4.80. The fraction of sp³-hybridized carbons (Fsp3) is 0.125. The second-order valence-electron chi connectivity index (χ2n) is 4.60. The number of nitrogens with zero attached hydrogens (tertiary/aromatic N) is 1. The highest BCUT2D eigenvalue weighted by Gasteiger charge is 2.11. The van der Waals surface area contributed by atoms with Crippen LogP contribution in [-0.2, 0) is 0 Å². The summed E-state index contributed by atoms with van der Waals surface area (Å²) >= 11 is 7.38. The van der Waals surface area contributed by atoms with Crippen molar-refractivity contribution in [2.45, 2.75) is 6.92 Å². The molecule has 0 radical (unpaired) electrons. The average Bonchev–Trinajstić information content (AvgIpc) is 2.84. The van der Waals surface area contributed by atoms with E-state index in [1.807, 2.05) is 25.3 Å². The molecule has 0 aliphatic rings. The van der Waals surface area contributed by atoms with Crippen LogP contribution in [0.3, 0.4) is 0 Å². The summed E-state index contributed by atoms with van der Waals surface area (Å²) in [5, 5.41) is 0. The molecule has 2 rings (SSSR count). The lowest BCUT2D eigenvalue weighted by Gasteiger charge is -2.19. The van der Waals surface area contributed by atoms with Crippen molar-refractivity contribution in [3.05, 3.63) is 69.5 Å². The largest absolute Gasteiger partial charge is 0.351 e. The first kappa shape index (κ1) is 15.7. The Morgan fingerprint density at radius 2 is 2.00 bits per heavy atom. The van der Waals surface area contributed by atoms with Gasteiger partial charge in [0.2, 0.25) is 0 Å². The van der Waals surface area contributed by atoms with Crippen molar-refractivity contribution >= 4 is 34.2 Å². The molecule has 0 fully saturated rings. The predicted octanol–water partition coefficient (Wildman–Crippen LogP) is 5.64. The summed E-state index contributed by atoms with van der Waals surface area (Å²) in [6.45, 7) is 5.80. The molecule has 1 nitrogen and oxygen atoms in total. The third-order valence-electron chi connectivity index (χ3n) is 3.02. The summed E-state index contributed by atoms with van der Waals surface area (Å²) in [5.41, 5.74) is 1.71. The molecule has 5 heteroatoms. The summed E-state index contributed by atoms with van der Waals surface area (Å²) in [6.07, 6.45) is 1.84. The molecular weight excluding hydrogens is 312 g/mol. The van der Waals surface area contributed by atoms with E-state index in [1.54, 1.807) is 11.9 Å². The minimum absolute atomic E-state index is 0.271. The molecule has 1 aromatic carbocycles. The third-order valence-corrected chi connectivity index (χ3v) is 4.38. The van der Waals surface area contributed by atoms with Gasteiger partial charge < -0.3 is 4.90 Å². The van der Waals surface area contributed by atoms with E-state index in [2.05, 4.69) is 6.58 Å². The van der Waals surface area contributed by atoms with Crippen molar-refractivity contribution in [1.29, 1.82) is 0 Å². The lowest BCUT2D eigenvalue weighted by molar-refractivity contribution is 0.572. The molecule has 1 aromatic heterocycles.